The van der Waals surface area contributed by atoms with Gasteiger partial charge in [0.15, 0.2) is 5.54 Å². The minimum atomic E-state index is -1.41. The van der Waals surface area contributed by atoms with Gasteiger partial charge in [-0.3, -0.25) is 20.2 Å². The van der Waals surface area contributed by atoms with E-state index in [4.69, 9.17) is 16.3 Å². The molecule has 0 unspecified atom stereocenters. The van der Waals surface area contributed by atoms with E-state index in [1.54, 1.807) is 24.3 Å². The molecular weight excluding hydrogens is 442 g/mol. The smallest absolute Gasteiger partial charge is 0.256 e. The quantitative estimate of drug-likeness (QED) is 0.429. The molecule has 2 aliphatic heterocycles. The number of rotatable bonds is 5. The number of hydrogen-bond donors (Lipinski definition) is 2. The molecule has 2 aliphatic rings. The summed E-state index contributed by atoms with van der Waals surface area (Å²) in [6.45, 7) is 2.27. The molecule has 1 saturated heterocycles. The van der Waals surface area contributed by atoms with Gasteiger partial charge in [0.05, 0.1) is 5.92 Å². The largest absolute Gasteiger partial charge is 0.489 e. The van der Waals surface area contributed by atoms with Gasteiger partial charge in [-0.2, -0.15) is 0 Å². The monoisotopic (exact) mass is 463 g/mol. The topological polar surface area (TPSA) is 93.5 Å². The molecule has 8 heteroatoms. The first kappa shape index (κ1) is 21.4. The lowest BCUT2D eigenvalue weighted by molar-refractivity contribution is -0.532. The highest BCUT2D eigenvalue weighted by atomic mass is 35.5. The highest BCUT2D eigenvalue weighted by Gasteiger charge is 2.67. The Kier molecular flexibility index (Phi) is 5.31. The number of benzene rings is 3. The van der Waals surface area contributed by atoms with E-state index in [9.17, 15) is 14.9 Å². The number of anilines is 1. The highest BCUT2D eigenvalue weighted by Crippen LogP contribution is 2.49. The number of nitro groups is 1. The maximum atomic E-state index is 13.1. The first-order valence-corrected chi connectivity index (χ1v) is 11.1. The van der Waals surface area contributed by atoms with Crippen LogP contribution >= 0.6 is 11.6 Å². The van der Waals surface area contributed by atoms with Crippen molar-refractivity contribution in [3.8, 4) is 5.75 Å². The second-order valence-electron chi connectivity index (χ2n) is 8.48. The number of amides is 1. The maximum absolute atomic E-state index is 13.1. The van der Waals surface area contributed by atoms with Crippen molar-refractivity contribution in [1.82, 2.24) is 5.32 Å². The summed E-state index contributed by atoms with van der Waals surface area (Å²) < 4.78 is 5.85. The molecule has 1 fully saturated rings. The van der Waals surface area contributed by atoms with Crippen molar-refractivity contribution < 1.29 is 14.5 Å². The highest BCUT2D eigenvalue weighted by molar-refractivity contribution is 6.30. The number of halogens is 1. The van der Waals surface area contributed by atoms with Crippen LogP contribution in [-0.2, 0) is 16.9 Å². The minimum absolute atomic E-state index is 0.293. The van der Waals surface area contributed by atoms with Gasteiger partial charge in [-0.25, -0.2) is 0 Å². The molecule has 0 aromatic heterocycles. The van der Waals surface area contributed by atoms with Crippen molar-refractivity contribution in [2.24, 2.45) is 0 Å². The lowest BCUT2D eigenvalue weighted by Crippen LogP contribution is -2.54. The Bertz CT molecular complexity index is 1220. The van der Waals surface area contributed by atoms with Crippen LogP contribution in [0.15, 0.2) is 72.8 Å². The molecule has 2 heterocycles. The van der Waals surface area contributed by atoms with Gasteiger partial charge in [-0.15, -0.1) is 0 Å². The molecule has 0 aliphatic carbocycles. The van der Waals surface area contributed by atoms with Crippen molar-refractivity contribution in [3.05, 3.63) is 105 Å². The summed E-state index contributed by atoms with van der Waals surface area (Å²) in [6, 6.07) is 20.4. The molecule has 0 saturated carbocycles. The first-order chi connectivity index (χ1) is 15.9. The fraction of sp³-hybridized carbons (Fsp3) is 0.240. The van der Waals surface area contributed by atoms with Crippen LogP contribution in [0, 0.1) is 10.1 Å². The number of carbonyl (C=O) groups is 1. The normalized spacial score (nSPS) is 25.6. The fourth-order valence-corrected chi connectivity index (χ4v) is 5.21. The predicted molar refractivity (Wildman–Crippen MR) is 125 cm³/mol. The lowest BCUT2D eigenvalue weighted by Gasteiger charge is -2.25. The van der Waals surface area contributed by atoms with Gasteiger partial charge in [0.2, 0.25) is 0 Å². The summed E-state index contributed by atoms with van der Waals surface area (Å²) in [5.41, 5.74) is 1.59. The number of nitrogens with zero attached hydrogens (tertiary/aromatic N) is 1. The van der Waals surface area contributed by atoms with Crippen molar-refractivity contribution in [2.45, 2.75) is 37.1 Å². The summed E-state index contributed by atoms with van der Waals surface area (Å²) in [7, 11) is 0. The minimum Gasteiger partial charge on any atom is -0.489 e. The number of ether oxygens (including phenoxy) is 1. The molecule has 0 bridgehead atoms. The molecule has 168 valence electrons. The van der Waals surface area contributed by atoms with Crippen LogP contribution in [0.1, 0.15) is 29.5 Å². The molecular formula is C25H22ClN3O4. The van der Waals surface area contributed by atoms with Crippen molar-refractivity contribution in [1.29, 1.82) is 0 Å². The van der Waals surface area contributed by atoms with E-state index in [0.29, 0.717) is 28.6 Å². The Hall–Kier alpha value is -3.42. The Balaban J connectivity index is 1.42. The van der Waals surface area contributed by atoms with Crippen molar-refractivity contribution in [3.63, 3.8) is 0 Å². The number of carbonyl (C=O) groups excluding carboxylic acids is 1. The standard InChI is InChI=1S/C25H22ClN3O4/c1-15-22(17-8-12-19(13-9-17)33-14-16-6-10-18(26)11-7-16)23(29(31)32)25(28-15)20-4-2-3-5-21(20)27-24(25)30/h2-13,15,22-23,28H,14H2,1H3,(H,27,30)/t15-,22+,23-,25-/m0/s1. The SMILES string of the molecule is C[C@@H]1N[C@]2(C(=O)Nc3ccccc32)[C@@H]([N+](=O)[O-])[C@H]1c1ccc(OCc2ccc(Cl)cc2)cc1. The van der Waals surface area contributed by atoms with E-state index in [2.05, 4.69) is 10.6 Å². The Labute approximate surface area is 195 Å². The van der Waals surface area contributed by atoms with E-state index >= 15 is 0 Å². The first-order valence-electron chi connectivity index (χ1n) is 10.7. The number of para-hydroxylation sites is 1. The number of hydrogen-bond acceptors (Lipinski definition) is 5. The summed E-state index contributed by atoms with van der Waals surface area (Å²) in [6.07, 6.45) is 0. The van der Waals surface area contributed by atoms with E-state index in [1.807, 2.05) is 55.5 Å². The third-order valence-electron chi connectivity index (χ3n) is 6.55. The zero-order valence-corrected chi connectivity index (χ0v) is 18.6. The van der Waals surface area contributed by atoms with Gasteiger partial charge < -0.3 is 10.1 Å². The van der Waals surface area contributed by atoms with E-state index in [1.165, 1.54) is 0 Å². The van der Waals surface area contributed by atoms with Crippen LogP contribution < -0.4 is 15.4 Å². The summed E-state index contributed by atoms with van der Waals surface area (Å²) in [4.78, 5) is 25.1. The molecule has 33 heavy (non-hydrogen) atoms. The maximum Gasteiger partial charge on any atom is 0.256 e. The number of nitrogens with one attached hydrogen (secondary N) is 2. The second-order valence-corrected chi connectivity index (χ2v) is 8.92. The van der Waals surface area contributed by atoms with E-state index in [0.717, 1.165) is 11.1 Å². The van der Waals surface area contributed by atoms with Crippen LogP contribution in [0.3, 0.4) is 0 Å². The average molecular weight is 464 g/mol. The van der Waals surface area contributed by atoms with E-state index < -0.39 is 17.5 Å². The van der Waals surface area contributed by atoms with Gasteiger partial charge in [0, 0.05) is 27.2 Å². The molecule has 1 amide bonds. The van der Waals surface area contributed by atoms with Gasteiger partial charge in [-0.05, 0) is 48.4 Å². The summed E-state index contributed by atoms with van der Waals surface area (Å²) in [5, 5.41) is 19.1. The van der Waals surface area contributed by atoms with Crippen LogP contribution in [0.2, 0.25) is 5.02 Å². The molecule has 7 nitrogen and oxygen atoms in total. The molecule has 5 rings (SSSR count). The summed E-state index contributed by atoms with van der Waals surface area (Å²) in [5.74, 6) is -0.228. The number of fused-ring (bicyclic) bond motifs is 2. The molecule has 0 radical (unpaired) electrons. The van der Waals surface area contributed by atoms with Gasteiger partial charge in [0.25, 0.3) is 11.9 Å². The van der Waals surface area contributed by atoms with Gasteiger partial charge in [-0.1, -0.05) is 54.1 Å². The van der Waals surface area contributed by atoms with Crippen LogP contribution in [0.5, 0.6) is 5.75 Å². The van der Waals surface area contributed by atoms with Crippen molar-refractivity contribution in [2.75, 3.05) is 5.32 Å². The molecule has 2 N–H and O–H groups in total. The third-order valence-corrected chi connectivity index (χ3v) is 6.80. The zero-order valence-electron chi connectivity index (χ0n) is 17.8. The molecule has 4 atom stereocenters. The van der Waals surface area contributed by atoms with Crippen LogP contribution in [0.25, 0.3) is 0 Å². The fourth-order valence-electron chi connectivity index (χ4n) is 5.09. The Morgan fingerprint density at radius 3 is 2.45 bits per heavy atom. The lowest BCUT2D eigenvalue weighted by atomic mass is 9.78. The second kappa shape index (κ2) is 8.17. The Morgan fingerprint density at radius 1 is 1.06 bits per heavy atom. The van der Waals surface area contributed by atoms with Gasteiger partial charge >= 0.3 is 0 Å². The zero-order chi connectivity index (χ0) is 23.2. The van der Waals surface area contributed by atoms with Crippen LogP contribution in [0.4, 0.5) is 5.69 Å². The average Bonchev–Trinajstić information content (AvgIpc) is 3.27. The van der Waals surface area contributed by atoms with Crippen molar-refractivity contribution >= 4 is 23.2 Å². The Morgan fingerprint density at radius 2 is 1.76 bits per heavy atom. The van der Waals surface area contributed by atoms with E-state index in [-0.39, 0.29) is 16.9 Å². The predicted octanol–water partition coefficient (Wildman–Crippen LogP) is 4.49. The third kappa shape index (κ3) is 3.53. The molecule has 3 aromatic carbocycles. The molecule has 3 aromatic rings. The summed E-state index contributed by atoms with van der Waals surface area (Å²) >= 11 is 5.92. The van der Waals surface area contributed by atoms with Crippen LogP contribution in [-0.4, -0.2) is 22.9 Å². The molecule has 1 spiro atoms. The van der Waals surface area contributed by atoms with Gasteiger partial charge in [0.1, 0.15) is 12.4 Å².